The van der Waals surface area contributed by atoms with E-state index in [2.05, 4.69) is 4.74 Å². The number of hydrogen-bond acceptors (Lipinski definition) is 4. The maximum absolute atomic E-state index is 10.6. The summed E-state index contributed by atoms with van der Waals surface area (Å²) in [5.74, 6) is -0.256. The third kappa shape index (κ3) is 1.66. The zero-order chi connectivity index (χ0) is 8.27. The SMILES string of the molecule is O=C1C=C(CO)C(=CCO)O1. The summed E-state index contributed by atoms with van der Waals surface area (Å²) in [4.78, 5) is 10.6. The molecule has 4 heteroatoms. The molecule has 1 aliphatic heterocycles. The van der Waals surface area contributed by atoms with Crippen LogP contribution in [0.3, 0.4) is 0 Å². The van der Waals surface area contributed by atoms with Gasteiger partial charge in [0.2, 0.25) is 0 Å². The van der Waals surface area contributed by atoms with Crippen LogP contribution < -0.4 is 0 Å². The summed E-state index contributed by atoms with van der Waals surface area (Å²) in [6.07, 6.45) is 2.52. The van der Waals surface area contributed by atoms with Crippen LogP contribution in [0.25, 0.3) is 0 Å². The molecule has 0 aromatic heterocycles. The third-order valence-electron chi connectivity index (χ3n) is 1.27. The highest BCUT2D eigenvalue weighted by Gasteiger charge is 2.18. The molecule has 1 heterocycles. The Hall–Kier alpha value is -1.13. The summed E-state index contributed by atoms with van der Waals surface area (Å²) in [7, 11) is 0. The van der Waals surface area contributed by atoms with Crippen LogP contribution in [0.2, 0.25) is 0 Å². The van der Waals surface area contributed by atoms with Crippen LogP contribution in [0.4, 0.5) is 0 Å². The Morgan fingerprint density at radius 3 is 2.82 bits per heavy atom. The van der Waals surface area contributed by atoms with E-state index in [1.807, 2.05) is 0 Å². The van der Waals surface area contributed by atoms with E-state index in [-0.39, 0.29) is 19.0 Å². The average molecular weight is 156 g/mol. The highest BCUT2D eigenvalue weighted by molar-refractivity contribution is 5.88. The van der Waals surface area contributed by atoms with E-state index in [1.165, 1.54) is 12.2 Å². The predicted octanol–water partition coefficient (Wildman–Crippen LogP) is -0.662. The van der Waals surface area contributed by atoms with Gasteiger partial charge in [-0.25, -0.2) is 4.79 Å². The molecule has 60 valence electrons. The lowest BCUT2D eigenvalue weighted by molar-refractivity contribution is -0.132. The van der Waals surface area contributed by atoms with Gasteiger partial charge in [0.15, 0.2) is 0 Å². The number of aliphatic hydroxyl groups excluding tert-OH is 2. The summed E-state index contributed by atoms with van der Waals surface area (Å²) < 4.78 is 4.61. The normalized spacial score (nSPS) is 20.4. The number of aliphatic hydroxyl groups is 2. The second-order valence-corrected chi connectivity index (χ2v) is 2.00. The quantitative estimate of drug-likeness (QED) is 0.521. The summed E-state index contributed by atoms with van der Waals surface area (Å²) in [6, 6.07) is 0. The number of carbonyl (C=O) groups is 1. The van der Waals surface area contributed by atoms with E-state index in [0.717, 1.165) is 0 Å². The molecular formula is C7H8O4. The van der Waals surface area contributed by atoms with Crippen molar-refractivity contribution in [3.63, 3.8) is 0 Å². The number of esters is 1. The first-order chi connectivity index (χ1) is 5.27. The van der Waals surface area contributed by atoms with Gasteiger partial charge in [0.05, 0.1) is 13.2 Å². The minimum Gasteiger partial charge on any atom is -0.423 e. The van der Waals surface area contributed by atoms with Crippen molar-refractivity contribution in [1.29, 1.82) is 0 Å². The van der Waals surface area contributed by atoms with Gasteiger partial charge in [-0.2, -0.15) is 0 Å². The van der Waals surface area contributed by atoms with E-state index in [0.29, 0.717) is 5.57 Å². The molecule has 0 spiro atoms. The molecule has 0 saturated heterocycles. The van der Waals surface area contributed by atoms with Crippen LogP contribution in [0.5, 0.6) is 0 Å². The number of rotatable bonds is 2. The molecule has 1 rings (SSSR count). The molecule has 0 amide bonds. The Labute approximate surface area is 63.4 Å². The van der Waals surface area contributed by atoms with Crippen LogP contribution in [0, 0.1) is 0 Å². The number of hydrogen-bond donors (Lipinski definition) is 2. The molecule has 0 saturated carbocycles. The monoisotopic (exact) mass is 156 g/mol. The summed E-state index contributed by atoms with van der Waals surface area (Å²) in [5, 5.41) is 17.1. The van der Waals surface area contributed by atoms with Crippen molar-refractivity contribution in [2.45, 2.75) is 0 Å². The van der Waals surface area contributed by atoms with Gasteiger partial charge < -0.3 is 14.9 Å². The molecule has 0 aromatic rings. The lowest BCUT2D eigenvalue weighted by atomic mass is 10.2. The first kappa shape index (κ1) is 7.97. The second-order valence-electron chi connectivity index (χ2n) is 2.00. The van der Waals surface area contributed by atoms with Gasteiger partial charge in [-0.1, -0.05) is 0 Å². The van der Waals surface area contributed by atoms with Gasteiger partial charge in [-0.05, 0) is 6.08 Å². The smallest absolute Gasteiger partial charge is 0.336 e. The van der Waals surface area contributed by atoms with Gasteiger partial charge in [-0.3, -0.25) is 0 Å². The molecule has 0 unspecified atom stereocenters. The van der Waals surface area contributed by atoms with Crippen molar-refractivity contribution in [3.8, 4) is 0 Å². The summed E-state index contributed by atoms with van der Waals surface area (Å²) in [5.41, 5.74) is 0.407. The molecule has 1 aliphatic rings. The largest absolute Gasteiger partial charge is 0.423 e. The lowest BCUT2D eigenvalue weighted by Gasteiger charge is -1.98. The molecule has 0 aromatic carbocycles. The third-order valence-corrected chi connectivity index (χ3v) is 1.27. The molecule has 0 fully saturated rings. The molecular weight excluding hydrogens is 148 g/mol. The first-order valence-electron chi connectivity index (χ1n) is 3.12. The molecule has 2 N–H and O–H groups in total. The van der Waals surface area contributed by atoms with Gasteiger partial charge in [0.25, 0.3) is 0 Å². The topological polar surface area (TPSA) is 66.8 Å². The van der Waals surface area contributed by atoms with Crippen molar-refractivity contribution in [2.75, 3.05) is 13.2 Å². The van der Waals surface area contributed by atoms with Crippen LogP contribution >= 0.6 is 0 Å². The van der Waals surface area contributed by atoms with E-state index in [9.17, 15) is 4.79 Å². The van der Waals surface area contributed by atoms with E-state index >= 15 is 0 Å². The van der Waals surface area contributed by atoms with Crippen molar-refractivity contribution >= 4 is 5.97 Å². The Morgan fingerprint density at radius 2 is 2.27 bits per heavy atom. The molecule has 0 aliphatic carbocycles. The maximum Gasteiger partial charge on any atom is 0.336 e. The second kappa shape index (κ2) is 3.32. The van der Waals surface area contributed by atoms with Crippen molar-refractivity contribution in [2.24, 2.45) is 0 Å². The Morgan fingerprint density at radius 1 is 1.55 bits per heavy atom. The van der Waals surface area contributed by atoms with Crippen molar-refractivity contribution in [3.05, 3.63) is 23.5 Å². The molecule has 0 bridgehead atoms. The van der Waals surface area contributed by atoms with Crippen molar-refractivity contribution < 1.29 is 19.7 Å². The Bertz CT molecular complexity index is 227. The fourth-order valence-electron chi connectivity index (χ4n) is 0.796. The van der Waals surface area contributed by atoms with Gasteiger partial charge in [-0.15, -0.1) is 0 Å². The number of carbonyl (C=O) groups excluding carboxylic acids is 1. The number of ether oxygens (including phenoxy) is 1. The van der Waals surface area contributed by atoms with Crippen LogP contribution in [-0.2, 0) is 9.53 Å². The zero-order valence-electron chi connectivity index (χ0n) is 5.78. The standard InChI is InChI=1S/C7H8O4/c8-2-1-6-5(4-9)3-7(10)11-6/h1,3,8-9H,2,4H2. The number of cyclic esters (lactones) is 1. The Balaban J connectivity index is 2.79. The predicted molar refractivity (Wildman–Crippen MR) is 36.4 cm³/mol. The minimum atomic E-state index is -0.506. The van der Waals surface area contributed by atoms with Crippen LogP contribution in [0.1, 0.15) is 0 Å². The van der Waals surface area contributed by atoms with E-state index in [4.69, 9.17) is 10.2 Å². The van der Waals surface area contributed by atoms with Crippen LogP contribution in [-0.4, -0.2) is 29.4 Å². The molecule has 0 atom stereocenters. The van der Waals surface area contributed by atoms with E-state index in [1.54, 1.807) is 0 Å². The average Bonchev–Trinajstić information content (AvgIpc) is 2.32. The fourth-order valence-corrected chi connectivity index (χ4v) is 0.796. The van der Waals surface area contributed by atoms with Gasteiger partial charge in [0.1, 0.15) is 5.76 Å². The summed E-state index contributed by atoms with van der Waals surface area (Å²) in [6.45, 7) is -0.461. The first-order valence-corrected chi connectivity index (χ1v) is 3.12. The van der Waals surface area contributed by atoms with Gasteiger partial charge in [0, 0.05) is 11.6 Å². The van der Waals surface area contributed by atoms with Crippen LogP contribution in [0.15, 0.2) is 23.5 Å². The molecule has 4 nitrogen and oxygen atoms in total. The fraction of sp³-hybridized carbons (Fsp3) is 0.286. The lowest BCUT2D eigenvalue weighted by Crippen LogP contribution is -1.94. The molecule has 11 heavy (non-hydrogen) atoms. The minimum absolute atomic E-state index is 0.208. The van der Waals surface area contributed by atoms with E-state index < -0.39 is 5.97 Å². The van der Waals surface area contributed by atoms with Gasteiger partial charge >= 0.3 is 5.97 Å². The zero-order valence-corrected chi connectivity index (χ0v) is 5.78. The Kier molecular flexibility index (Phi) is 2.40. The summed E-state index contributed by atoms with van der Waals surface area (Å²) >= 11 is 0. The highest BCUT2D eigenvalue weighted by atomic mass is 16.5. The molecule has 0 radical (unpaired) electrons. The maximum atomic E-state index is 10.6. The highest BCUT2D eigenvalue weighted by Crippen LogP contribution is 2.17. The van der Waals surface area contributed by atoms with Crippen molar-refractivity contribution in [1.82, 2.24) is 0 Å².